The molecule has 1 N–H and O–H groups in total. The third-order valence-electron chi connectivity index (χ3n) is 2.97. The molecule has 3 heteroatoms. The molecule has 0 spiro atoms. The normalized spacial score (nSPS) is 10.7. The lowest BCUT2D eigenvalue weighted by molar-refractivity contribution is 0.587. The van der Waals surface area contributed by atoms with Gasteiger partial charge < -0.3 is 5.32 Å². The Morgan fingerprint density at radius 1 is 1.05 bits per heavy atom. The summed E-state index contributed by atoms with van der Waals surface area (Å²) in [7, 11) is 0. The average molecular weight is 278 g/mol. The van der Waals surface area contributed by atoms with E-state index < -0.39 is 0 Å². The Morgan fingerprint density at radius 2 is 1.74 bits per heavy atom. The van der Waals surface area contributed by atoms with E-state index in [2.05, 4.69) is 12.2 Å². The summed E-state index contributed by atoms with van der Waals surface area (Å²) in [5.41, 5.74) is 2.74. The van der Waals surface area contributed by atoms with Crippen LogP contribution in [0.15, 0.2) is 42.5 Å². The van der Waals surface area contributed by atoms with Crippen LogP contribution in [0.3, 0.4) is 0 Å². The van der Waals surface area contributed by atoms with Crippen molar-refractivity contribution in [1.29, 1.82) is 0 Å². The molecule has 2 aromatic carbocycles. The van der Waals surface area contributed by atoms with Crippen molar-refractivity contribution in [3.05, 3.63) is 58.9 Å². The molecule has 2 rings (SSSR count). The van der Waals surface area contributed by atoms with Gasteiger partial charge in [0.1, 0.15) is 5.82 Å². The summed E-state index contributed by atoms with van der Waals surface area (Å²) in [6.45, 7) is 3.54. The van der Waals surface area contributed by atoms with E-state index in [1.165, 1.54) is 6.07 Å². The summed E-state index contributed by atoms with van der Waals surface area (Å²) in [6, 6.07) is 12.8. The summed E-state index contributed by atoms with van der Waals surface area (Å²) in [5.74, 6) is -0.165. The Hall–Kier alpha value is -1.38. The van der Waals surface area contributed by atoms with Crippen molar-refractivity contribution >= 4 is 11.6 Å². The molecule has 0 atom stereocenters. The largest absolute Gasteiger partial charge is 0.313 e. The van der Waals surface area contributed by atoms with Gasteiger partial charge in [-0.3, -0.25) is 0 Å². The molecule has 0 aliphatic heterocycles. The summed E-state index contributed by atoms with van der Waals surface area (Å²) in [4.78, 5) is 0. The van der Waals surface area contributed by atoms with E-state index in [0.717, 1.165) is 24.1 Å². The van der Waals surface area contributed by atoms with Gasteiger partial charge in [0.2, 0.25) is 0 Å². The van der Waals surface area contributed by atoms with Crippen LogP contribution in [0.25, 0.3) is 11.1 Å². The number of hydrogen-bond acceptors (Lipinski definition) is 1. The molecule has 2 aromatic rings. The van der Waals surface area contributed by atoms with Crippen LogP contribution in [0.1, 0.15) is 18.9 Å². The third-order valence-corrected chi connectivity index (χ3v) is 3.22. The van der Waals surface area contributed by atoms with Crippen LogP contribution in [0.5, 0.6) is 0 Å². The fraction of sp³-hybridized carbons (Fsp3) is 0.250. The molecule has 100 valence electrons. The van der Waals surface area contributed by atoms with E-state index in [-0.39, 0.29) is 5.82 Å². The highest BCUT2D eigenvalue weighted by Gasteiger charge is 2.05. The van der Waals surface area contributed by atoms with Crippen molar-refractivity contribution in [2.75, 3.05) is 6.54 Å². The molecule has 0 bridgehead atoms. The first kappa shape index (κ1) is 14.0. The number of benzene rings is 2. The van der Waals surface area contributed by atoms with Gasteiger partial charge in [-0.25, -0.2) is 4.39 Å². The quantitative estimate of drug-likeness (QED) is 0.785. The Balaban J connectivity index is 2.22. The van der Waals surface area contributed by atoms with Crippen molar-refractivity contribution in [3.63, 3.8) is 0 Å². The van der Waals surface area contributed by atoms with Crippen molar-refractivity contribution in [2.24, 2.45) is 0 Å². The maximum Gasteiger partial charge on any atom is 0.127 e. The van der Waals surface area contributed by atoms with Crippen LogP contribution in [0.4, 0.5) is 4.39 Å². The Labute approximate surface area is 118 Å². The second-order valence-corrected chi connectivity index (χ2v) is 4.93. The topological polar surface area (TPSA) is 12.0 Å². The van der Waals surface area contributed by atoms with Gasteiger partial charge in [0.05, 0.1) is 0 Å². The molecule has 0 aliphatic carbocycles. The molecule has 19 heavy (non-hydrogen) atoms. The predicted octanol–water partition coefficient (Wildman–Crippen LogP) is 4.65. The average Bonchev–Trinajstić information content (AvgIpc) is 2.42. The molecule has 0 saturated carbocycles. The maximum atomic E-state index is 13.7. The van der Waals surface area contributed by atoms with Crippen molar-refractivity contribution in [3.8, 4) is 11.1 Å². The monoisotopic (exact) mass is 277 g/mol. The van der Waals surface area contributed by atoms with Gasteiger partial charge in [-0.15, -0.1) is 0 Å². The first-order chi connectivity index (χ1) is 9.20. The summed E-state index contributed by atoms with van der Waals surface area (Å²) in [6.07, 6.45) is 1.04. The van der Waals surface area contributed by atoms with Gasteiger partial charge >= 0.3 is 0 Å². The van der Waals surface area contributed by atoms with Gasteiger partial charge in [0, 0.05) is 17.1 Å². The second-order valence-electron chi connectivity index (χ2n) is 4.49. The maximum absolute atomic E-state index is 13.7. The molecule has 0 heterocycles. The highest BCUT2D eigenvalue weighted by atomic mass is 35.5. The van der Waals surface area contributed by atoms with E-state index in [1.54, 1.807) is 6.07 Å². The van der Waals surface area contributed by atoms with Gasteiger partial charge in [-0.1, -0.05) is 36.7 Å². The fourth-order valence-corrected chi connectivity index (χ4v) is 2.06. The van der Waals surface area contributed by atoms with Gasteiger partial charge in [-0.05, 0) is 48.4 Å². The van der Waals surface area contributed by atoms with Crippen LogP contribution in [0, 0.1) is 5.82 Å². The second kappa shape index (κ2) is 6.69. The summed E-state index contributed by atoms with van der Waals surface area (Å²) < 4.78 is 13.7. The third kappa shape index (κ3) is 3.79. The van der Waals surface area contributed by atoms with Crippen molar-refractivity contribution < 1.29 is 4.39 Å². The van der Waals surface area contributed by atoms with E-state index in [4.69, 9.17) is 11.6 Å². The number of hydrogen-bond donors (Lipinski definition) is 1. The van der Waals surface area contributed by atoms with Crippen molar-refractivity contribution in [2.45, 2.75) is 19.9 Å². The first-order valence-electron chi connectivity index (χ1n) is 6.46. The molecule has 1 nitrogen and oxygen atoms in total. The van der Waals surface area contributed by atoms with E-state index in [1.807, 2.05) is 30.3 Å². The number of nitrogens with one attached hydrogen (secondary N) is 1. The van der Waals surface area contributed by atoms with Gasteiger partial charge in [-0.2, -0.15) is 0 Å². The first-order valence-corrected chi connectivity index (χ1v) is 6.83. The molecular formula is C16H17ClFN. The minimum Gasteiger partial charge on any atom is -0.313 e. The van der Waals surface area contributed by atoms with Crippen LogP contribution < -0.4 is 5.32 Å². The molecule has 0 saturated heterocycles. The molecule has 0 fully saturated rings. The van der Waals surface area contributed by atoms with Crippen molar-refractivity contribution in [1.82, 2.24) is 5.32 Å². The lowest BCUT2D eigenvalue weighted by Crippen LogP contribution is -2.14. The number of halogens is 2. The molecule has 0 aromatic heterocycles. The zero-order valence-electron chi connectivity index (χ0n) is 10.9. The SMILES string of the molecule is CCCNCc1cc(-c2ccc(Cl)cc2)ccc1F. The minimum absolute atomic E-state index is 0.165. The Kier molecular flexibility index (Phi) is 4.94. The minimum atomic E-state index is -0.165. The van der Waals surface area contributed by atoms with Crippen LogP contribution in [0.2, 0.25) is 5.02 Å². The molecule has 0 unspecified atom stereocenters. The molecule has 0 aliphatic rings. The standard InChI is InChI=1S/C16H17ClFN/c1-2-9-19-11-14-10-13(5-8-16(14)18)12-3-6-15(17)7-4-12/h3-8,10,19H,2,9,11H2,1H3. The highest BCUT2D eigenvalue weighted by Crippen LogP contribution is 2.23. The number of rotatable bonds is 5. The molecule has 0 amide bonds. The Bertz CT molecular complexity index is 537. The summed E-state index contributed by atoms with van der Waals surface area (Å²) in [5, 5.41) is 3.92. The van der Waals surface area contributed by atoms with Crippen LogP contribution in [-0.4, -0.2) is 6.54 Å². The predicted molar refractivity (Wildman–Crippen MR) is 78.8 cm³/mol. The van der Waals surface area contributed by atoms with Gasteiger partial charge in [0.25, 0.3) is 0 Å². The molecular weight excluding hydrogens is 261 g/mol. The smallest absolute Gasteiger partial charge is 0.127 e. The fourth-order valence-electron chi connectivity index (χ4n) is 1.93. The Morgan fingerprint density at radius 3 is 2.42 bits per heavy atom. The van der Waals surface area contributed by atoms with E-state index >= 15 is 0 Å². The molecule has 0 radical (unpaired) electrons. The van der Waals surface area contributed by atoms with E-state index in [0.29, 0.717) is 17.1 Å². The lowest BCUT2D eigenvalue weighted by atomic mass is 10.0. The van der Waals surface area contributed by atoms with Gasteiger partial charge in [0.15, 0.2) is 0 Å². The van der Waals surface area contributed by atoms with Crippen LogP contribution >= 0.6 is 11.6 Å². The zero-order valence-corrected chi connectivity index (χ0v) is 11.7. The van der Waals surface area contributed by atoms with E-state index in [9.17, 15) is 4.39 Å². The zero-order chi connectivity index (χ0) is 13.7. The lowest BCUT2D eigenvalue weighted by Gasteiger charge is -2.08. The summed E-state index contributed by atoms with van der Waals surface area (Å²) >= 11 is 5.87. The highest BCUT2D eigenvalue weighted by molar-refractivity contribution is 6.30. The van der Waals surface area contributed by atoms with Crippen LogP contribution in [-0.2, 0) is 6.54 Å².